The highest BCUT2D eigenvalue weighted by Crippen LogP contribution is 2.39. The van der Waals surface area contributed by atoms with Crippen molar-refractivity contribution in [2.45, 2.75) is 58.8 Å². The lowest BCUT2D eigenvalue weighted by atomic mass is 9.70. The summed E-state index contributed by atoms with van der Waals surface area (Å²) in [6.45, 7) is 7.73. The minimum atomic E-state index is -0.817. The number of carbonyl (C=O) groups is 2. The minimum absolute atomic E-state index is 0.296. The molecule has 1 saturated carbocycles. The SMILES string of the molecule is C=CC[C@]1(C(=O)OCC)CCCC/C1=N\OC(=O)CCC. The van der Waals surface area contributed by atoms with E-state index in [4.69, 9.17) is 9.57 Å². The molecule has 0 aromatic rings. The van der Waals surface area contributed by atoms with E-state index in [9.17, 15) is 9.59 Å². The fourth-order valence-electron chi connectivity index (χ4n) is 2.63. The zero-order valence-corrected chi connectivity index (χ0v) is 13.0. The van der Waals surface area contributed by atoms with Crippen molar-refractivity contribution in [1.82, 2.24) is 0 Å². The predicted molar refractivity (Wildman–Crippen MR) is 80.8 cm³/mol. The van der Waals surface area contributed by atoms with Gasteiger partial charge in [0.05, 0.1) is 12.3 Å². The van der Waals surface area contributed by atoms with E-state index in [1.807, 2.05) is 6.92 Å². The number of hydrogen-bond acceptors (Lipinski definition) is 5. The van der Waals surface area contributed by atoms with Gasteiger partial charge in [-0.3, -0.25) is 4.79 Å². The maximum atomic E-state index is 12.4. The predicted octanol–water partition coefficient (Wildman–Crippen LogP) is 3.39. The zero-order valence-electron chi connectivity index (χ0n) is 13.0. The third kappa shape index (κ3) is 4.41. The highest BCUT2D eigenvalue weighted by atomic mass is 16.7. The van der Waals surface area contributed by atoms with Crippen LogP contribution >= 0.6 is 0 Å². The Balaban J connectivity index is 2.98. The van der Waals surface area contributed by atoms with Crippen LogP contribution in [-0.4, -0.2) is 24.3 Å². The average Bonchev–Trinajstić information content (AvgIpc) is 2.47. The second kappa shape index (κ2) is 8.60. The van der Waals surface area contributed by atoms with Gasteiger partial charge in [0.2, 0.25) is 0 Å². The third-order valence-corrected chi connectivity index (χ3v) is 3.69. The molecule has 118 valence electrons. The smallest absolute Gasteiger partial charge is 0.334 e. The van der Waals surface area contributed by atoms with Crippen LogP contribution in [0.2, 0.25) is 0 Å². The number of hydrogen-bond donors (Lipinski definition) is 0. The molecular weight excluding hydrogens is 270 g/mol. The molecule has 0 aromatic heterocycles. The molecule has 1 fully saturated rings. The molecule has 1 rings (SSSR count). The van der Waals surface area contributed by atoms with E-state index in [0.717, 1.165) is 12.8 Å². The molecule has 5 nitrogen and oxygen atoms in total. The van der Waals surface area contributed by atoms with E-state index >= 15 is 0 Å². The summed E-state index contributed by atoms with van der Waals surface area (Å²) in [7, 11) is 0. The monoisotopic (exact) mass is 295 g/mol. The van der Waals surface area contributed by atoms with Crippen LogP contribution in [0.3, 0.4) is 0 Å². The molecule has 1 atom stereocenters. The van der Waals surface area contributed by atoms with Gasteiger partial charge in [-0.05, 0) is 39.0 Å². The highest BCUT2D eigenvalue weighted by Gasteiger charge is 2.45. The van der Waals surface area contributed by atoms with E-state index in [-0.39, 0.29) is 11.9 Å². The summed E-state index contributed by atoms with van der Waals surface area (Å²) >= 11 is 0. The first-order valence-corrected chi connectivity index (χ1v) is 7.66. The van der Waals surface area contributed by atoms with Crippen molar-refractivity contribution in [3.63, 3.8) is 0 Å². The van der Waals surface area contributed by atoms with Crippen molar-refractivity contribution < 1.29 is 19.2 Å². The molecule has 5 heteroatoms. The quantitative estimate of drug-likeness (QED) is 0.312. The van der Waals surface area contributed by atoms with E-state index < -0.39 is 5.41 Å². The molecule has 21 heavy (non-hydrogen) atoms. The standard InChI is InChI=1S/C16H25NO4/c1-4-9-14(18)21-17-13-10-7-8-12-16(13,11-5-2)15(19)20-6-3/h5H,2,4,6-12H2,1,3H3/b17-13+/t16-/m0/s1. The number of esters is 1. The van der Waals surface area contributed by atoms with Crippen molar-refractivity contribution in [3.8, 4) is 0 Å². The lowest BCUT2D eigenvalue weighted by Crippen LogP contribution is -2.43. The van der Waals surface area contributed by atoms with Gasteiger partial charge >= 0.3 is 11.9 Å². The van der Waals surface area contributed by atoms with Crippen molar-refractivity contribution in [2.24, 2.45) is 10.6 Å². The molecule has 0 heterocycles. The highest BCUT2D eigenvalue weighted by molar-refractivity contribution is 6.07. The van der Waals surface area contributed by atoms with Crippen LogP contribution < -0.4 is 0 Å². The molecule has 0 N–H and O–H groups in total. The largest absolute Gasteiger partial charge is 0.465 e. The molecule has 0 unspecified atom stereocenters. The lowest BCUT2D eigenvalue weighted by molar-refractivity contribution is -0.152. The van der Waals surface area contributed by atoms with Gasteiger partial charge in [0, 0.05) is 6.42 Å². The summed E-state index contributed by atoms with van der Waals surface area (Å²) in [6, 6.07) is 0. The van der Waals surface area contributed by atoms with E-state index in [2.05, 4.69) is 11.7 Å². The molecule has 1 aliphatic rings. The van der Waals surface area contributed by atoms with Crippen molar-refractivity contribution in [2.75, 3.05) is 6.61 Å². The maximum absolute atomic E-state index is 12.4. The Morgan fingerprint density at radius 1 is 1.38 bits per heavy atom. The van der Waals surface area contributed by atoms with E-state index in [1.165, 1.54) is 0 Å². The Morgan fingerprint density at radius 3 is 2.76 bits per heavy atom. The topological polar surface area (TPSA) is 65.0 Å². The van der Waals surface area contributed by atoms with Crippen LogP contribution in [0.25, 0.3) is 0 Å². The van der Waals surface area contributed by atoms with Crippen LogP contribution in [0.5, 0.6) is 0 Å². The fourth-order valence-corrected chi connectivity index (χ4v) is 2.63. The van der Waals surface area contributed by atoms with Gasteiger partial charge in [-0.2, -0.15) is 0 Å². The molecular formula is C16H25NO4. The molecule has 0 spiro atoms. The summed E-state index contributed by atoms with van der Waals surface area (Å²) in [5.41, 5.74) is -0.209. The van der Waals surface area contributed by atoms with Crippen LogP contribution in [0, 0.1) is 5.41 Å². The summed E-state index contributed by atoms with van der Waals surface area (Å²) in [4.78, 5) is 28.8. The number of rotatable bonds is 7. The molecule has 0 radical (unpaired) electrons. The Kier molecular flexibility index (Phi) is 7.12. The molecule has 0 aliphatic heterocycles. The van der Waals surface area contributed by atoms with E-state index in [0.29, 0.717) is 44.4 Å². The summed E-state index contributed by atoms with van der Waals surface area (Å²) in [6.07, 6.45) is 6.34. The van der Waals surface area contributed by atoms with Crippen LogP contribution in [0.15, 0.2) is 17.8 Å². The number of carbonyl (C=O) groups excluding carboxylic acids is 2. The number of ether oxygens (including phenoxy) is 1. The Bertz CT molecular complexity index is 417. The van der Waals surface area contributed by atoms with Gasteiger partial charge in [-0.15, -0.1) is 6.58 Å². The fraction of sp³-hybridized carbons (Fsp3) is 0.688. The second-order valence-electron chi connectivity index (χ2n) is 5.25. The first kappa shape index (κ1) is 17.4. The Hall–Kier alpha value is -1.65. The van der Waals surface area contributed by atoms with Crippen LogP contribution in [0.1, 0.15) is 58.8 Å². The normalized spacial score (nSPS) is 23.6. The second-order valence-corrected chi connectivity index (χ2v) is 5.25. The maximum Gasteiger partial charge on any atom is 0.334 e. The van der Waals surface area contributed by atoms with Crippen LogP contribution in [-0.2, 0) is 19.2 Å². The Labute approximate surface area is 126 Å². The van der Waals surface area contributed by atoms with Crippen molar-refractivity contribution in [3.05, 3.63) is 12.7 Å². The third-order valence-electron chi connectivity index (χ3n) is 3.69. The number of oxime groups is 1. The van der Waals surface area contributed by atoms with Gasteiger partial charge in [-0.25, -0.2) is 4.79 Å². The van der Waals surface area contributed by atoms with Gasteiger partial charge in [-0.1, -0.05) is 24.6 Å². The number of allylic oxidation sites excluding steroid dienone is 1. The van der Waals surface area contributed by atoms with Crippen molar-refractivity contribution in [1.29, 1.82) is 0 Å². The minimum Gasteiger partial charge on any atom is -0.465 e. The molecule has 0 amide bonds. The Morgan fingerprint density at radius 2 is 2.14 bits per heavy atom. The molecule has 0 aromatic carbocycles. The number of nitrogens with zero attached hydrogens (tertiary/aromatic N) is 1. The first-order chi connectivity index (χ1) is 10.1. The van der Waals surface area contributed by atoms with Crippen molar-refractivity contribution >= 4 is 17.7 Å². The molecule has 1 aliphatic carbocycles. The molecule has 0 bridgehead atoms. The van der Waals surface area contributed by atoms with E-state index in [1.54, 1.807) is 13.0 Å². The molecule has 0 saturated heterocycles. The summed E-state index contributed by atoms with van der Waals surface area (Å²) in [5.74, 6) is -0.665. The lowest BCUT2D eigenvalue weighted by Gasteiger charge is -2.34. The summed E-state index contributed by atoms with van der Waals surface area (Å²) in [5, 5.41) is 4.00. The van der Waals surface area contributed by atoms with Crippen LogP contribution in [0.4, 0.5) is 0 Å². The zero-order chi connectivity index (χ0) is 15.7. The van der Waals surface area contributed by atoms with Gasteiger partial charge in [0.25, 0.3) is 0 Å². The summed E-state index contributed by atoms with van der Waals surface area (Å²) < 4.78 is 5.21. The van der Waals surface area contributed by atoms with Gasteiger partial charge in [0.15, 0.2) is 0 Å². The van der Waals surface area contributed by atoms with Gasteiger partial charge in [0.1, 0.15) is 5.41 Å². The first-order valence-electron chi connectivity index (χ1n) is 7.66. The average molecular weight is 295 g/mol. The van der Waals surface area contributed by atoms with Gasteiger partial charge < -0.3 is 9.57 Å².